The van der Waals surface area contributed by atoms with Crippen LogP contribution in [0.1, 0.15) is 50.7 Å². The third-order valence-electron chi connectivity index (χ3n) is 4.71. The Kier molecular flexibility index (Phi) is 6.06. The van der Waals surface area contributed by atoms with E-state index in [0.29, 0.717) is 16.3 Å². The second-order valence-corrected chi connectivity index (χ2v) is 7.55. The van der Waals surface area contributed by atoms with Gasteiger partial charge in [-0.3, -0.25) is 14.5 Å². The van der Waals surface area contributed by atoms with Crippen LogP contribution in [0.5, 0.6) is 5.75 Å². The second-order valence-electron chi connectivity index (χ2n) is 6.46. The Morgan fingerprint density at radius 1 is 1.12 bits per heavy atom. The molecule has 1 aliphatic heterocycles. The van der Waals surface area contributed by atoms with Crippen LogP contribution in [0.3, 0.4) is 0 Å². The van der Waals surface area contributed by atoms with Crippen molar-refractivity contribution in [1.29, 1.82) is 0 Å². The van der Waals surface area contributed by atoms with Gasteiger partial charge in [0.1, 0.15) is 5.75 Å². The fraction of sp³-hybridized carbons (Fsp3) is 0.400. The molecular formula is C20H24N2O3S. The van der Waals surface area contributed by atoms with Crippen molar-refractivity contribution in [3.05, 3.63) is 51.7 Å². The molecule has 1 amide bonds. The van der Waals surface area contributed by atoms with Crippen molar-refractivity contribution >= 4 is 23.0 Å². The van der Waals surface area contributed by atoms with Gasteiger partial charge in [-0.1, -0.05) is 12.1 Å². The minimum absolute atomic E-state index is 0.0118. The Morgan fingerprint density at radius 3 is 2.35 bits per heavy atom. The summed E-state index contributed by atoms with van der Waals surface area (Å²) in [7, 11) is 1.66. The zero-order chi connectivity index (χ0) is 18.5. The van der Waals surface area contributed by atoms with Crippen LogP contribution in [-0.2, 0) is 0 Å². The van der Waals surface area contributed by atoms with Crippen LogP contribution in [0.15, 0.2) is 36.4 Å². The Labute approximate surface area is 158 Å². The number of rotatable bonds is 7. The zero-order valence-corrected chi connectivity index (χ0v) is 16.0. The smallest absolute Gasteiger partial charge is 0.261 e. The van der Waals surface area contributed by atoms with E-state index in [4.69, 9.17) is 4.74 Å². The zero-order valence-electron chi connectivity index (χ0n) is 15.2. The van der Waals surface area contributed by atoms with Crippen LogP contribution in [0, 0.1) is 0 Å². The molecule has 3 rings (SSSR count). The number of nitrogens with zero attached hydrogens (tertiary/aromatic N) is 1. The molecule has 1 aliphatic rings. The topological polar surface area (TPSA) is 58.6 Å². The maximum Gasteiger partial charge on any atom is 0.261 e. The van der Waals surface area contributed by atoms with Crippen LogP contribution in [0.2, 0.25) is 0 Å². The third kappa shape index (κ3) is 4.31. The number of hydrogen-bond donors (Lipinski definition) is 1. The molecule has 2 heterocycles. The molecule has 5 nitrogen and oxygen atoms in total. The highest BCUT2D eigenvalue weighted by Gasteiger charge is 2.24. The average Bonchev–Trinajstić information content (AvgIpc) is 3.34. The first-order valence-electron chi connectivity index (χ1n) is 8.85. The van der Waals surface area contributed by atoms with Crippen molar-refractivity contribution in [2.45, 2.75) is 25.8 Å². The van der Waals surface area contributed by atoms with E-state index in [9.17, 15) is 9.59 Å². The number of benzene rings is 1. The molecule has 0 aliphatic carbocycles. The molecule has 1 N–H and O–H groups in total. The van der Waals surface area contributed by atoms with E-state index >= 15 is 0 Å². The molecule has 0 spiro atoms. The highest BCUT2D eigenvalue weighted by molar-refractivity contribution is 7.15. The molecule has 6 heteroatoms. The highest BCUT2D eigenvalue weighted by atomic mass is 32.1. The van der Waals surface area contributed by atoms with Crippen LogP contribution < -0.4 is 10.1 Å². The molecule has 1 aromatic carbocycles. The van der Waals surface area contributed by atoms with E-state index in [-0.39, 0.29) is 17.7 Å². The number of methoxy groups -OCH3 is 1. The Morgan fingerprint density at radius 2 is 1.77 bits per heavy atom. The summed E-state index contributed by atoms with van der Waals surface area (Å²) in [5.74, 6) is 0.690. The lowest BCUT2D eigenvalue weighted by atomic mass is 10.1. The Hall–Kier alpha value is -2.18. The summed E-state index contributed by atoms with van der Waals surface area (Å²) >= 11 is 1.24. The van der Waals surface area contributed by atoms with E-state index < -0.39 is 0 Å². The lowest BCUT2D eigenvalue weighted by Gasteiger charge is -2.28. The van der Waals surface area contributed by atoms with Crippen molar-refractivity contribution in [2.75, 3.05) is 26.7 Å². The van der Waals surface area contributed by atoms with Gasteiger partial charge in [0.15, 0.2) is 5.78 Å². The number of thiophene rings is 1. The quantitative estimate of drug-likeness (QED) is 0.756. The second kappa shape index (κ2) is 8.47. The monoisotopic (exact) mass is 372 g/mol. The fourth-order valence-corrected chi connectivity index (χ4v) is 4.08. The molecule has 1 saturated heterocycles. The summed E-state index contributed by atoms with van der Waals surface area (Å²) in [5.41, 5.74) is 1.17. The number of ketones is 1. The largest absolute Gasteiger partial charge is 0.497 e. The van der Waals surface area contributed by atoms with E-state index in [1.165, 1.54) is 36.7 Å². The highest BCUT2D eigenvalue weighted by Crippen LogP contribution is 2.26. The maximum atomic E-state index is 12.5. The van der Waals surface area contributed by atoms with E-state index in [0.717, 1.165) is 18.8 Å². The molecule has 0 radical (unpaired) electrons. The van der Waals surface area contributed by atoms with Gasteiger partial charge in [0, 0.05) is 6.54 Å². The molecule has 26 heavy (non-hydrogen) atoms. The fourth-order valence-electron chi connectivity index (χ4n) is 3.26. The first-order valence-corrected chi connectivity index (χ1v) is 9.67. The van der Waals surface area contributed by atoms with Gasteiger partial charge in [-0.15, -0.1) is 11.3 Å². The first kappa shape index (κ1) is 18.6. The number of Topliss-reactive ketones (excluding diaryl/α,β-unsaturated/α-hetero) is 1. The summed E-state index contributed by atoms with van der Waals surface area (Å²) < 4.78 is 5.24. The van der Waals surface area contributed by atoms with Gasteiger partial charge >= 0.3 is 0 Å². The standard InChI is InChI=1S/C20H24N2O3S/c1-14(23)18-9-10-19(26-18)20(24)21-13-17(22-11-3-4-12-22)15-5-7-16(25-2)8-6-15/h5-10,17H,3-4,11-13H2,1-2H3,(H,21,24)/t17-/m0/s1. The third-order valence-corrected chi connectivity index (χ3v) is 5.90. The van der Waals surface area contributed by atoms with Crippen molar-refractivity contribution in [2.24, 2.45) is 0 Å². The predicted molar refractivity (Wildman–Crippen MR) is 103 cm³/mol. The van der Waals surface area contributed by atoms with E-state index in [1.54, 1.807) is 19.2 Å². The number of likely N-dealkylation sites (tertiary alicyclic amines) is 1. The molecule has 0 bridgehead atoms. The normalized spacial score (nSPS) is 15.6. The lowest BCUT2D eigenvalue weighted by molar-refractivity contribution is 0.0941. The SMILES string of the molecule is COc1ccc([C@H](CNC(=O)c2ccc(C(C)=O)s2)N2CCCC2)cc1. The Balaban J connectivity index is 1.70. The minimum Gasteiger partial charge on any atom is -0.497 e. The summed E-state index contributed by atoms with van der Waals surface area (Å²) in [6.07, 6.45) is 2.38. The summed E-state index contributed by atoms with van der Waals surface area (Å²) in [6.45, 7) is 4.14. The molecule has 0 saturated carbocycles. The number of hydrogen-bond acceptors (Lipinski definition) is 5. The number of ether oxygens (including phenoxy) is 1. The summed E-state index contributed by atoms with van der Waals surface area (Å²) in [5, 5.41) is 3.04. The van der Waals surface area contributed by atoms with Gasteiger partial charge < -0.3 is 10.1 Å². The summed E-state index contributed by atoms with van der Waals surface area (Å²) in [4.78, 5) is 27.5. The van der Waals surface area contributed by atoms with Crippen LogP contribution >= 0.6 is 11.3 Å². The maximum absolute atomic E-state index is 12.5. The van der Waals surface area contributed by atoms with Crippen molar-refractivity contribution in [1.82, 2.24) is 10.2 Å². The predicted octanol–water partition coefficient (Wildman–Crippen LogP) is 3.53. The van der Waals surface area contributed by atoms with E-state index in [2.05, 4.69) is 22.3 Å². The van der Waals surface area contributed by atoms with Crippen LogP contribution in [-0.4, -0.2) is 43.3 Å². The molecule has 1 fully saturated rings. The number of carbonyl (C=O) groups excluding carboxylic acids is 2. The number of amides is 1. The average molecular weight is 372 g/mol. The molecule has 2 aromatic rings. The number of carbonyl (C=O) groups is 2. The minimum atomic E-state index is -0.125. The molecule has 138 valence electrons. The van der Waals surface area contributed by atoms with Gasteiger partial charge in [0.25, 0.3) is 5.91 Å². The summed E-state index contributed by atoms with van der Waals surface area (Å²) in [6, 6.07) is 11.6. The number of nitrogens with one attached hydrogen (secondary N) is 1. The van der Waals surface area contributed by atoms with Crippen molar-refractivity contribution in [3.8, 4) is 5.75 Å². The molecular weight excluding hydrogens is 348 g/mol. The van der Waals surface area contributed by atoms with Crippen molar-refractivity contribution < 1.29 is 14.3 Å². The molecule has 1 aromatic heterocycles. The van der Waals surface area contributed by atoms with E-state index in [1.807, 2.05) is 12.1 Å². The van der Waals surface area contributed by atoms with Crippen LogP contribution in [0.25, 0.3) is 0 Å². The Bertz CT molecular complexity index is 764. The van der Waals surface area contributed by atoms with Gasteiger partial charge in [0.2, 0.25) is 0 Å². The van der Waals surface area contributed by atoms with Gasteiger partial charge in [-0.2, -0.15) is 0 Å². The van der Waals surface area contributed by atoms with Gasteiger partial charge in [-0.05, 0) is 62.7 Å². The van der Waals surface area contributed by atoms with Crippen LogP contribution in [0.4, 0.5) is 0 Å². The lowest BCUT2D eigenvalue weighted by Crippen LogP contribution is -2.36. The van der Waals surface area contributed by atoms with Crippen molar-refractivity contribution in [3.63, 3.8) is 0 Å². The molecule has 1 atom stereocenters. The first-order chi connectivity index (χ1) is 12.6. The van der Waals surface area contributed by atoms with Gasteiger partial charge in [0.05, 0.1) is 22.9 Å². The van der Waals surface area contributed by atoms with Gasteiger partial charge in [-0.25, -0.2) is 0 Å². The molecule has 0 unspecified atom stereocenters.